The van der Waals surface area contributed by atoms with E-state index in [1.807, 2.05) is 36.4 Å². The predicted octanol–water partition coefficient (Wildman–Crippen LogP) is 6.85. The number of rotatable bonds is 1. The molecule has 2 aliphatic rings. The minimum atomic E-state index is -0.485. The van der Waals surface area contributed by atoms with Gasteiger partial charge in [0.1, 0.15) is 47.7 Å². The third-order valence-corrected chi connectivity index (χ3v) is 6.54. The van der Waals surface area contributed by atoms with Crippen LogP contribution < -0.4 is 28.4 Å². The molecule has 2 heterocycles. The van der Waals surface area contributed by atoms with Crippen molar-refractivity contribution in [1.82, 2.24) is 0 Å². The average Bonchev–Trinajstić information content (AvgIpc) is 3.00. The molecule has 8 bridgehead atoms. The molecule has 0 unspecified atom stereocenters. The summed E-state index contributed by atoms with van der Waals surface area (Å²) in [7, 11) is 1.34. The van der Waals surface area contributed by atoms with Crippen molar-refractivity contribution in [3.63, 3.8) is 0 Å². The molecule has 0 aromatic heterocycles. The molecule has 0 spiro atoms. The highest BCUT2D eigenvalue weighted by atomic mass is 16.5. The van der Waals surface area contributed by atoms with Crippen LogP contribution in [0, 0.1) is 0 Å². The van der Waals surface area contributed by atoms with Gasteiger partial charge in [0.15, 0.2) is 0 Å². The molecular formula is C34H36O8. The average molecular weight is 573 g/mol. The maximum absolute atomic E-state index is 12.4. The van der Waals surface area contributed by atoms with Gasteiger partial charge in [-0.25, -0.2) is 4.79 Å². The number of ether oxygens (including phenoxy) is 7. The largest absolute Gasteiger partial charge is 0.493 e. The fourth-order valence-electron chi connectivity index (χ4n) is 4.52. The first-order valence-corrected chi connectivity index (χ1v) is 14.2. The van der Waals surface area contributed by atoms with Crippen LogP contribution in [0.5, 0.6) is 34.5 Å². The molecule has 0 atom stereocenters. The zero-order chi connectivity index (χ0) is 29.0. The minimum Gasteiger partial charge on any atom is -0.493 e. The predicted molar refractivity (Wildman–Crippen MR) is 158 cm³/mol. The Bertz CT molecular complexity index is 1250. The number of benzene rings is 3. The summed E-state index contributed by atoms with van der Waals surface area (Å²) >= 11 is 0. The van der Waals surface area contributed by atoms with Crippen LogP contribution in [0.15, 0.2) is 78.9 Å². The molecular weight excluding hydrogens is 536 g/mol. The first-order valence-electron chi connectivity index (χ1n) is 14.2. The van der Waals surface area contributed by atoms with Gasteiger partial charge in [0.05, 0.1) is 39.1 Å². The van der Waals surface area contributed by atoms with Crippen molar-refractivity contribution in [1.29, 1.82) is 0 Å². The third-order valence-electron chi connectivity index (χ3n) is 6.54. The van der Waals surface area contributed by atoms with Crippen LogP contribution >= 0.6 is 0 Å². The van der Waals surface area contributed by atoms with E-state index in [2.05, 4.69) is 24.3 Å². The van der Waals surface area contributed by atoms with E-state index in [0.29, 0.717) is 66.5 Å². The highest BCUT2D eigenvalue weighted by molar-refractivity contribution is 5.90. The van der Waals surface area contributed by atoms with Crippen LogP contribution in [0.1, 0.15) is 47.2 Å². The number of esters is 1. The van der Waals surface area contributed by atoms with Crippen LogP contribution in [-0.2, 0) is 18.0 Å². The molecule has 3 aromatic rings. The summed E-state index contributed by atoms with van der Waals surface area (Å²) in [5.41, 5.74) is 2.06. The van der Waals surface area contributed by atoms with E-state index in [1.165, 1.54) is 7.11 Å². The number of carbonyl (C=O) groups excluding carboxylic acids is 1. The zero-order valence-corrected chi connectivity index (χ0v) is 23.8. The first-order chi connectivity index (χ1) is 20.6. The number of hydrogen-bond acceptors (Lipinski definition) is 8. The summed E-state index contributed by atoms with van der Waals surface area (Å²) in [5, 5.41) is 0. The van der Waals surface area contributed by atoms with Gasteiger partial charge in [-0.2, -0.15) is 0 Å². The zero-order valence-electron chi connectivity index (χ0n) is 23.8. The Morgan fingerprint density at radius 2 is 0.833 bits per heavy atom. The van der Waals surface area contributed by atoms with Crippen LogP contribution in [0.3, 0.4) is 0 Å². The van der Waals surface area contributed by atoms with Gasteiger partial charge in [-0.1, -0.05) is 24.3 Å². The topological polar surface area (TPSA) is 81.7 Å². The molecule has 2 aliphatic heterocycles. The molecule has 42 heavy (non-hydrogen) atoms. The summed E-state index contributed by atoms with van der Waals surface area (Å²) in [4.78, 5) is 12.4. The molecule has 8 heteroatoms. The van der Waals surface area contributed by atoms with Gasteiger partial charge in [0, 0.05) is 18.2 Å². The van der Waals surface area contributed by atoms with Gasteiger partial charge in [0.25, 0.3) is 0 Å². The summed E-state index contributed by atoms with van der Waals surface area (Å²) in [5.74, 6) is 3.25. The molecule has 0 aliphatic carbocycles. The fourth-order valence-corrected chi connectivity index (χ4v) is 4.52. The van der Waals surface area contributed by atoms with E-state index in [0.717, 1.165) is 36.8 Å². The highest BCUT2D eigenvalue weighted by Crippen LogP contribution is 2.29. The molecule has 220 valence electrons. The SMILES string of the molecule is COC(=O)c1cc2cc(c1)OCc1cc3cc(c1)OCCC=CCCOc1cc(cc(c1)OCCC=CCCO3)CO2. The van der Waals surface area contributed by atoms with Crippen molar-refractivity contribution < 1.29 is 38.0 Å². The summed E-state index contributed by atoms with van der Waals surface area (Å²) in [6, 6.07) is 16.6. The quantitative estimate of drug-likeness (QED) is 0.231. The lowest BCUT2D eigenvalue weighted by atomic mass is 10.2. The molecule has 8 nitrogen and oxygen atoms in total. The van der Waals surface area contributed by atoms with Crippen molar-refractivity contribution in [3.8, 4) is 34.5 Å². The van der Waals surface area contributed by atoms with Crippen molar-refractivity contribution in [3.05, 3.63) is 95.6 Å². The minimum absolute atomic E-state index is 0.234. The number of carbonyl (C=O) groups is 1. The van der Waals surface area contributed by atoms with Gasteiger partial charge in [-0.3, -0.25) is 0 Å². The second-order valence-corrected chi connectivity index (χ2v) is 9.88. The second-order valence-electron chi connectivity index (χ2n) is 9.88. The van der Waals surface area contributed by atoms with E-state index in [-0.39, 0.29) is 13.2 Å². The molecule has 5 rings (SSSR count). The lowest BCUT2D eigenvalue weighted by molar-refractivity contribution is 0.0599. The Balaban J connectivity index is 1.52. The Kier molecular flexibility index (Phi) is 10.2. The van der Waals surface area contributed by atoms with E-state index in [4.69, 9.17) is 33.2 Å². The molecule has 3 aromatic carbocycles. The standard InChI is InChI=1S/C34H36O8/c1-36-34(35)27-18-32-22-33(19-27)42-24-26-15-29-21-31(17-26)40-13-9-5-4-8-12-39-30-16-25(23-41-32)14-28(20-30)37-10-6-2-3-7-11-38-29/h2-5,14-22H,6-13,23-24H2,1H3. The van der Waals surface area contributed by atoms with E-state index in [1.54, 1.807) is 18.2 Å². The van der Waals surface area contributed by atoms with Gasteiger partial charge in [-0.05, 0) is 73.2 Å². The Hall–Kier alpha value is -4.59. The summed E-state index contributed by atoms with van der Waals surface area (Å²) < 4.78 is 41.5. The van der Waals surface area contributed by atoms with Crippen molar-refractivity contribution in [2.75, 3.05) is 33.5 Å². The smallest absolute Gasteiger partial charge is 0.338 e. The molecule has 0 amide bonds. The number of hydrogen-bond donors (Lipinski definition) is 0. The molecule has 0 saturated heterocycles. The van der Waals surface area contributed by atoms with Crippen LogP contribution in [0.4, 0.5) is 0 Å². The van der Waals surface area contributed by atoms with Crippen molar-refractivity contribution in [2.45, 2.75) is 38.9 Å². The fraction of sp³-hybridized carbons (Fsp3) is 0.324. The maximum Gasteiger partial charge on any atom is 0.338 e. The lowest BCUT2D eigenvalue weighted by Gasteiger charge is -2.15. The second kappa shape index (κ2) is 14.9. The molecule has 0 radical (unpaired) electrons. The van der Waals surface area contributed by atoms with Crippen LogP contribution in [0.25, 0.3) is 0 Å². The number of fused-ring (bicyclic) bond motifs is 6. The van der Waals surface area contributed by atoms with Gasteiger partial charge in [0.2, 0.25) is 0 Å². The lowest BCUT2D eigenvalue weighted by Crippen LogP contribution is -2.05. The van der Waals surface area contributed by atoms with Gasteiger partial charge >= 0.3 is 5.97 Å². The Labute approximate surface area is 246 Å². The van der Waals surface area contributed by atoms with E-state index < -0.39 is 5.97 Å². The van der Waals surface area contributed by atoms with Gasteiger partial charge in [-0.15, -0.1) is 0 Å². The van der Waals surface area contributed by atoms with E-state index in [9.17, 15) is 4.79 Å². The summed E-state index contributed by atoms with van der Waals surface area (Å²) in [6.07, 6.45) is 11.4. The number of methoxy groups -OCH3 is 1. The van der Waals surface area contributed by atoms with Crippen molar-refractivity contribution in [2.24, 2.45) is 0 Å². The monoisotopic (exact) mass is 572 g/mol. The first kappa shape index (κ1) is 28.9. The Morgan fingerprint density at radius 1 is 0.500 bits per heavy atom. The summed E-state index contributed by atoms with van der Waals surface area (Å²) in [6.45, 7) is 2.56. The normalized spacial score (nSPS) is 15.8. The van der Waals surface area contributed by atoms with Crippen LogP contribution in [-0.4, -0.2) is 39.5 Å². The highest BCUT2D eigenvalue weighted by Gasteiger charge is 2.13. The molecule has 0 saturated carbocycles. The Morgan fingerprint density at radius 3 is 1.17 bits per heavy atom. The van der Waals surface area contributed by atoms with Crippen LogP contribution in [0.2, 0.25) is 0 Å². The third kappa shape index (κ3) is 8.70. The molecule has 0 fully saturated rings. The van der Waals surface area contributed by atoms with Gasteiger partial charge < -0.3 is 33.2 Å². The van der Waals surface area contributed by atoms with Crippen molar-refractivity contribution >= 4 is 5.97 Å². The maximum atomic E-state index is 12.4. The molecule has 0 N–H and O–H groups in total. The van der Waals surface area contributed by atoms with E-state index >= 15 is 0 Å².